The average molecular weight is 194 g/mol. The van der Waals surface area contributed by atoms with E-state index < -0.39 is 0 Å². The maximum absolute atomic E-state index is 2.52. The van der Waals surface area contributed by atoms with Crippen LogP contribution in [0.5, 0.6) is 0 Å². The minimum atomic E-state index is 0.346. The van der Waals surface area contributed by atoms with Gasteiger partial charge in [-0.05, 0) is 52.3 Å². The van der Waals surface area contributed by atoms with Crippen molar-refractivity contribution >= 4 is 0 Å². The Hall–Kier alpha value is -0.500. The maximum atomic E-state index is 2.52. The summed E-state index contributed by atoms with van der Waals surface area (Å²) in [5, 5.41) is 0. The topological polar surface area (TPSA) is 6.48 Å². The Kier molecular flexibility index (Phi) is 2.34. The van der Waals surface area contributed by atoms with Gasteiger partial charge in [0.1, 0.15) is 0 Å². The molecule has 2 atom stereocenters. The molecule has 2 unspecified atom stereocenters. The van der Waals surface area contributed by atoms with Gasteiger partial charge < -0.3 is 4.90 Å². The first kappa shape index (κ1) is 10.0. The number of nitrogens with zero attached hydrogens (tertiary/aromatic N) is 2. The molecule has 80 valence electrons. The summed E-state index contributed by atoms with van der Waals surface area (Å²) < 4.78 is 0. The third kappa shape index (κ3) is 1.36. The number of likely N-dealkylation sites (tertiary alicyclic amines) is 1. The second-order valence-electron chi connectivity index (χ2n) is 5.17. The second-order valence-corrected chi connectivity index (χ2v) is 5.17. The van der Waals surface area contributed by atoms with Gasteiger partial charge >= 0.3 is 0 Å². The van der Waals surface area contributed by atoms with E-state index in [0.29, 0.717) is 11.6 Å². The highest BCUT2D eigenvalue weighted by Crippen LogP contribution is 2.39. The van der Waals surface area contributed by atoms with Gasteiger partial charge in [-0.2, -0.15) is 0 Å². The van der Waals surface area contributed by atoms with Crippen LogP contribution >= 0.6 is 0 Å². The van der Waals surface area contributed by atoms with Gasteiger partial charge in [0.25, 0.3) is 0 Å². The molecular weight excluding hydrogens is 172 g/mol. The molecule has 0 aliphatic carbocycles. The van der Waals surface area contributed by atoms with Crippen LogP contribution in [0.4, 0.5) is 0 Å². The van der Waals surface area contributed by atoms with Gasteiger partial charge in [0.15, 0.2) is 0 Å². The molecule has 2 heterocycles. The Morgan fingerprint density at radius 2 is 2.14 bits per heavy atom. The van der Waals surface area contributed by atoms with Crippen LogP contribution in [0.1, 0.15) is 33.1 Å². The molecule has 0 amide bonds. The zero-order valence-corrected chi connectivity index (χ0v) is 9.88. The van der Waals surface area contributed by atoms with Crippen molar-refractivity contribution in [2.75, 3.05) is 20.6 Å². The first-order valence-electron chi connectivity index (χ1n) is 5.68. The lowest BCUT2D eigenvalue weighted by Gasteiger charge is -2.33. The van der Waals surface area contributed by atoms with Crippen LogP contribution in [0.2, 0.25) is 0 Å². The van der Waals surface area contributed by atoms with E-state index in [1.165, 1.54) is 25.8 Å². The molecule has 2 nitrogen and oxygen atoms in total. The van der Waals surface area contributed by atoms with Gasteiger partial charge in [0.05, 0.1) is 0 Å². The second kappa shape index (κ2) is 3.27. The fourth-order valence-corrected chi connectivity index (χ4v) is 2.75. The van der Waals surface area contributed by atoms with E-state index in [1.807, 2.05) is 0 Å². The van der Waals surface area contributed by atoms with Crippen molar-refractivity contribution in [3.63, 3.8) is 0 Å². The fourth-order valence-electron chi connectivity index (χ4n) is 2.75. The highest BCUT2D eigenvalue weighted by atomic mass is 15.2. The Morgan fingerprint density at radius 1 is 1.43 bits per heavy atom. The number of rotatable bonds is 1. The van der Waals surface area contributed by atoms with Gasteiger partial charge in [0.2, 0.25) is 0 Å². The van der Waals surface area contributed by atoms with E-state index in [9.17, 15) is 0 Å². The van der Waals surface area contributed by atoms with Crippen molar-refractivity contribution in [1.82, 2.24) is 9.80 Å². The largest absolute Gasteiger partial charge is 0.377 e. The molecule has 14 heavy (non-hydrogen) atoms. The molecule has 2 rings (SSSR count). The first-order chi connectivity index (χ1) is 6.54. The molecule has 0 spiro atoms. The van der Waals surface area contributed by atoms with E-state index in [1.54, 1.807) is 5.57 Å². The molecule has 1 fully saturated rings. The zero-order valence-electron chi connectivity index (χ0n) is 9.88. The molecule has 0 bridgehead atoms. The summed E-state index contributed by atoms with van der Waals surface area (Å²) in [4.78, 5) is 4.87. The Morgan fingerprint density at radius 3 is 2.57 bits per heavy atom. The summed E-state index contributed by atoms with van der Waals surface area (Å²) in [5.74, 6) is 0. The predicted molar refractivity (Wildman–Crippen MR) is 60.2 cm³/mol. The summed E-state index contributed by atoms with van der Waals surface area (Å²) >= 11 is 0. The fraction of sp³-hybridized carbons (Fsp3) is 0.833. The molecular formula is C12H22N2. The molecule has 1 saturated heterocycles. The molecule has 0 aromatic heterocycles. The van der Waals surface area contributed by atoms with Crippen LogP contribution in [0, 0.1) is 0 Å². The smallest absolute Gasteiger partial charge is 0.0407 e. The minimum Gasteiger partial charge on any atom is -0.377 e. The lowest BCUT2D eigenvalue weighted by molar-refractivity contribution is 0.232. The number of likely N-dealkylation sites (N-methyl/N-ethyl adjacent to an activating group) is 1. The molecule has 0 radical (unpaired) electrons. The van der Waals surface area contributed by atoms with Crippen molar-refractivity contribution in [3.8, 4) is 0 Å². The highest BCUT2D eigenvalue weighted by Gasteiger charge is 2.39. The third-order valence-electron chi connectivity index (χ3n) is 4.26. The number of hydrogen-bond donors (Lipinski definition) is 0. The van der Waals surface area contributed by atoms with E-state index in [-0.39, 0.29) is 0 Å². The van der Waals surface area contributed by atoms with Crippen LogP contribution in [-0.2, 0) is 0 Å². The van der Waals surface area contributed by atoms with E-state index in [2.05, 4.69) is 43.9 Å². The van der Waals surface area contributed by atoms with Gasteiger partial charge in [-0.25, -0.2) is 0 Å². The summed E-state index contributed by atoms with van der Waals surface area (Å²) in [7, 11) is 4.45. The number of hydrogen-bond acceptors (Lipinski definition) is 2. The molecule has 2 aliphatic rings. The van der Waals surface area contributed by atoms with Crippen LogP contribution in [-0.4, -0.2) is 42.0 Å². The monoisotopic (exact) mass is 194 g/mol. The van der Waals surface area contributed by atoms with Crippen molar-refractivity contribution in [3.05, 3.63) is 11.8 Å². The zero-order chi connectivity index (χ0) is 10.3. The highest BCUT2D eigenvalue weighted by molar-refractivity contribution is 5.25. The normalized spacial score (nSPS) is 39.3. The third-order valence-corrected chi connectivity index (χ3v) is 4.26. The van der Waals surface area contributed by atoms with Gasteiger partial charge in [-0.15, -0.1) is 0 Å². The summed E-state index contributed by atoms with van der Waals surface area (Å²) in [5.41, 5.74) is 1.98. The van der Waals surface area contributed by atoms with E-state index in [0.717, 1.165) is 0 Å². The Labute approximate surface area is 87.6 Å². The van der Waals surface area contributed by atoms with Crippen molar-refractivity contribution < 1.29 is 0 Å². The molecule has 0 aromatic carbocycles. The van der Waals surface area contributed by atoms with E-state index >= 15 is 0 Å². The van der Waals surface area contributed by atoms with Crippen molar-refractivity contribution in [1.29, 1.82) is 0 Å². The van der Waals surface area contributed by atoms with Crippen LogP contribution in [0.15, 0.2) is 11.8 Å². The standard InChI is InChI=1S/C12H22N2/c1-10-8-11(9-13(10)3)12(2)6-5-7-14(12)4/h9-10H,5-8H2,1-4H3. The predicted octanol–water partition coefficient (Wildman–Crippen LogP) is 2.08. The van der Waals surface area contributed by atoms with Crippen LogP contribution in [0.3, 0.4) is 0 Å². The van der Waals surface area contributed by atoms with Gasteiger partial charge in [0, 0.05) is 24.8 Å². The van der Waals surface area contributed by atoms with Gasteiger partial charge in [-0.3, -0.25) is 4.90 Å². The lowest BCUT2D eigenvalue weighted by atomic mass is 9.87. The Balaban J connectivity index is 2.19. The summed E-state index contributed by atoms with van der Waals surface area (Å²) in [6.45, 7) is 5.96. The Bertz CT molecular complexity index is 259. The van der Waals surface area contributed by atoms with Crippen LogP contribution < -0.4 is 0 Å². The first-order valence-corrected chi connectivity index (χ1v) is 5.68. The average Bonchev–Trinajstić information content (AvgIpc) is 2.61. The molecule has 0 saturated carbocycles. The van der Waals surface area contributed by atoms with Gasteiger partial charge in [-0.1, -0.05) is 0 Å². The quantitative estimate of drug-likeness (QED) is 0.630. The molecule has 0 N–H and O–H groups in total. The molecule has 0 aromatic rings. The van der Waals surface area contributed by atoms with Crippen molar-refractivity contribution in [2.45, 2.75) is 44.7 Å². The SMILES string of the molecule is CC1CC(C2(C)CCCN2C)=CN1C. The lowest BCUT2D eigenvalue weighted by Crippen LogP contribution is -2.39. The molecule has 2 aliphatic heterocycles. The maximum Gasteiger partial charge on any atom is 0.0407 e. The van der Waals surface area contributed by atoms with E-state index in [4.69, 9.17) is 0 Å². The minimum absolute atomic E-state index is 0.346. The summed E-state index contributed by atoms with van der Waals surface area (Å²) in [6, 6.07) is 0.691. The van der Waals surface area contributed by atoms with Crippen molar-refractivity contribution in [2.24, 2.45) is 0 Å². The summed E-state index contributed by atoms with van der Waals surface area (Å²) in [6.07, 6.45) is 6.29. The molecule has 2 heteroatoms. The van der Waals surface area contributed by atoms with Crippen LogP contribution in [0.25, 0.3) is 0 Å².